The van der Waals surface area contributed by atoms with Crippen molar-refractivity contribution in [3.63, 3.8) is 0 Å². The van der Waals surface area contributed by atoms with Gasteiger partial charge in [0, 0.05) is 6.54 Å². The monoisotopic (exact) mass is 272 g/mol. The van der Waals surface area contributed by atoms with Gasteiger partial charge in [0.1, 0.15) is 5.82 Å². The number of aryl methyl sites for hydroxylation is 1. The topological polar surface area (TPSA) is 58.2 Å². The van der Waals surface area contributed by atoms with Gasteiger partial charge in [0.25, 0.3) is 0 Å². The van der Waals surface area contributed by atoms with Crippen LogP contribution in [0.3, 0.4) is 0 Å². The standard InChI is InChI=1S/C12H17FN2O2S/c1-9-5-10(13)7-11(6-9)15-18(16,17)12-3-2-4-14-8-12/h5-7,12,14-15H,2-4,8H2,1H3. The van der Waals surface area contributed by atoms with E-state index in [1.54, 1.807) is 13.0 Å². The molecule has 6 heteroatoms. The highest BCUT2D eigenvalue weighted by Gasteiger charge is 2.27. The SMILES string of the molecule is Cc1cc(F)cc(NS(=O)(=O)C2CCCNC2)c1. The minimum absolute atomic E-state index is 0.290. The van der Waals surface area contributed by atoms with Gasteiger partial charge in [-0.1, -0.05) is 0 Å². The van der Waals surface area contributed by atoms with Crippen LogP contribution in [-0.4, -0.2) is 26.8 Å². The van der Waals surface area contributed by atoms with Crippen molar-refractivity contribution >= 4 is 15.7 Å². The molecule has 1 unspecified atom stereocenters. The van der Waals surface area contributed by atoms with Crippen LogP contribution in [-0.2, 0) is 10.0 Å². The Labute approximate surface area is 107 Å². The van der Waals surface area contributed by atoms with Gasteiger partial charge in [0.05, 0.1) is 10.9 Å². The number of halogens is 1. The van der Waals surface area contributed by atoms with E-state index in [0.29, 0.717) is 18.5 Å². The zero-order chi connectivity index (χ0) is 13.2. The van der Waals surface area contributed by atoms with Crippen LogP contribution in [0.5, 0.6) is 0 Å². The Morgan fingerprint density at radius 2 is 2.17 bits per heavy atom. The van der Waals surface area contributed by atoms with Gasteiger partial charge in [-0.05, 0) is 50.1 Å². The van der Waals surface area contributed by atoms with Crippen molar-refractivity contribution in [1.29, 1.82) is 0 Å². The summed E-state index contributed by atoms with van der Waals surface area (Å²) in [5.74, 6) is -0.436. The number of rotatable bonds is 3. The van der Waals surface area contributed by atoms with Crippen molar-refractivity contribution in [2.75, 3.05) is 17.8 Å². The molecule has 2 rings (SSSR count). The predicted octanol–water partition coefficient (Wildman–Crippen LogP) is 1.63. The highest BCUT2D eigenvalue weighted by Crippen LogP contribution is 2.18. The zero-order valence-electron chi connectivity index (χ0n) is 10.2. The fraction of sp³-hybridized carbons (Fsp3) is 0.500. The van der Waals surface area contributed by atoms with E-state index in [4.69, 9.17) is 0 Å². The van der Waals surface area contributed by atoms with Crippen LogP contribution >= 0.6 is 0 Å². The average molecular weight is 272 g/mol. The predicted molar refractivity (Wildman–Crippen MR) is 69.6 cm³/mol. The third kappa shape index (κ3) is 3.20. The molecular weight excluding hydrogens is 255 g/mol. The molecule has 18 heavy (non-hydrogen) atoms. The molecule has 0 spiro atoms. The van der Waals surface area contributed by atoms with Gasteiger partial charge in [0.15, 0.2) is 0 Å². The van der Waals surface area contributed by atoms with E-state index in [-0.39, 0.29) is 5.69 Å². The molecule has 1 aromatic carbocycles. The number of anilines is 1. The summed E-state index contributed by atoms with van der Waals surface area (Å²) < 4.78 is 39.9. The zero-order valence-corrected chi connectivity index (χ0v) is 11.1. The summed E-state index contributed by atoms with van der Waals surface area (Å²) in [4.78, 5) is 0. The van der Waals surface area contributed by atoms with E-state index in [1.165, 1.54) is 12.1 Å². The first kappa shape index (κ1) is 13.3. The van der Waals surface area contributed by atoms with Gasteiger partial charge in [0.2, 0.25) is 10.0 Å². The Balaban J connectivity index is 2.16. The van der Waals surface area contributed by atoms with E-state index in [0.717, 1.165) is 13.0 Å². The van der Waals surface area contributed by atoms with Crippen molar-refractivity contribution in [2.45, 2.75) is 25.0 Å². The van der Waals surface area contributed by atoms with Crippen LogP contribution in [0.1, 0.15) is 18.4 Å². The van der Waals surface area contributed by atoms with E-state index in [2.05, 4.69) is 10.0 Å². The van der Waals surface area contributed by atoms with E-state index < -0.39 is 21.1 Å². The quantitative estimate of drug-likeness (QED) is 0.879. The van der Waals surface area contributed by atoms with Gasteiger partial charge in [-0.2, -0.15) is 0 Å². The van der Waals surface area contributed by atoms with Crippen molar-refractivity contribution in [1.82, 2.24) is 5.32 Å². The number of nitrogens with one attached hydrogen (secondary N) is 2. The number of hydrogen-bond acceptors (Lipinski definition) is 3. The lowest BCUT2D eigenvalue weighted by molar-refractivity contribution is 0.499. The Bertz CT molecular complexity index is 505. The van der Waals surface area contributed by atoms with Crippen LogP contribution in [0.25, 0.3) is 0 Å². The first-order chi connectivity index (χ1) is 8.47. The van der Waals surface area contributed by atoms with Crippen LogP contribution in [0.15, 0.2) is 18.2 Å². The second kappa shape index (κ2) is 5.24. The lowest BCUT2D eigenvalue weighted by Gasteiger charge is -2.23. The highest BCUT2D eigenvalue weighted by molar-refractivity contribution is 7.93. The average Bonchev–Trinajstić information content (AvgIpc) is 2.28. The van der Waals surface area contributed by atoms with Crippen LogP contribution in [0, 0.1) is 12.7 Å². The molecule has 0 amide bonds. The van der Waals surface area contributed by atoms with Crippen LogP contribution in [0.2, 0.25) is 0 Å². The largest absolute Gasteiger partial charge is 0.315 e. The van der Waals surface area contributed by atoms with Gasteiger partial charge >= 0.3 is 0 Å². The molecule has 0 aromatic heterocycles. The van der Waals surface area contributed by atoms with Crippen molar-refractivity contribution in [3.8, 4) is 0 Å². The molecule has 0 bridgehead atoms. The van der Waals surface area contributed by atoms with Gasteiger partial charge in [-0.15, -0.1) is 0 Å². The molecule has 100 valence electrons. The molecule has 1 aromatic rings. The van der Waals surface area contributed by atoms with Crippen molar-refractivity contribution in [3.05, 3.63) is 29.6 Å². The third-order valence-corrected chi connectivity index (χ3v) is 4.79. The molecule has 1 fully saturated rings. The van der Waals surface area contributed by atoms with Crippen molar-refractivity contribution < 1.29 is 12.8 Å². The molecular formula is C12H17FN2O2S. The molecule has 1 saturated heterocycles. The first-order valence-corrected chi connectivity index (χ1v) is 7.51. The second-order valence-corrected chi connectivity index (χ2v) is 6.59. The van der Waals surface area contributed by atoms with Crippen molar-refractivity contribution in [2.24, 2.45) is 0 Å². The fourth-order valence-electron chi connectivity index (χ4n) is 2.13. The molecule has 1 aliphatic rings. The molecule has 1 heterocycles. The Morgan fingerprint density at radius 3 is 2.78 bits per heavy atom. The normalized spacial score (nSPS) is 20.7. The number of sulfonamides is 1. The summed E-state index contributed by atoms with van der Waals surface area (Å²) in [5.41, 5.74) is 0.979. The van der Waals surface area contributed by atoms with Gasteiger partial charge in [-0.25, -0.2) is 12.8 Å². The number of hydrogen-bond donors (Lipinski definition) is 2. The minimum atomic E-state index is -3.45. The summed E-state index contributed by atoms with van der Waals surface area (Å²) in [7, 11) is -3.45. The second-order valence-electron chi connectivity index (χ2n) is 4.63. The lowest BCUT2D eigenvalue weighted by Crippen LogP contribution is -2.41. The molecule has 4 nitrogen and oxygen atoms in total. The minimum Gasteiger partial charge on any atom is -0.315 e. The fourth-order valence-corrected chi connectivity index (χ4v) is 3.55. The molecule has 0 radical (unpaired) electrons. The third-order valence-electron chi connectivity index (χ3n) is 2.99. The molecule has 1 aliphatic heterocycles. The highest BCUT2D eigenvalue weighted by atomic mass is 32.2. The summed E-state index contributed by atoms with van der Waals surface area (Å²) in [6.45, 7) is 3.03. The molecule has 0 aliphatic carbocycles. The maximum Gasteiger partial charge on any atom is 0.236 e. The smallest absolute Gasteiger partial charge is 0.236 e. The summed E-state index contributed by atoms with van der Waals surface area (Å²) >= 11 is 0. The maximum absolute atomic E-state index is 13.2. The molecule has 2 N–H and O–H groups in total. The Morgan fingerprint density at radius 1 is 1.39 bits per heavy atom. The Hall–Kier alpha value is -1.14. The van der Waals surface area contributed by atoms with E-state index in [9.17, 15) is 12.8 Å². The first-order valence-electron chi connectivity index (χ1n) is 5.97. The summed E-state index contributed by atoms with van der Waals surface area (Å²) in [6.07, 6.45) is 1.48. The van der Waals surface area contributed by atoms with E-state index in [1.807, 2.05) is 0 Å². The number of piperidine rings is 1. The molecule has 1 atom stereocenters. The number of benzene rings is 1. The van der Waals surface area contributed by atoms with Crippen LogP contribution in [0.4, 0.5) is 10.1 Å². The Kier molecular flexibility index (Phi) is 3.87. The molecule has 0 saturated carbocycles. The van der Waals surface area contributed by atoms with Gasteiger partial charge in [-0.3, -0.25) is 4.72 Å². The maximum atomic E-state index is 13.2. The summed E-state index contributed by atoms with van der Waals surface area (Å²) in [5, 5.41) is 2.61. The van der Waals surface area contributed by atoms with E-state index >= 15 is 0 Å². The van der Waals surface area contributed by atoms with Gasteiger partial charge < -0.3 is 5.32 Å². The van der Waals surface area contributed by atoms with Crippen LogP contribution < -0.4 is 10.0 Å². The summed E-state index contributed by atoms with van der Waals surface area (Å²) in [6, 6.07) is 4.18. The lowest BCUT2D eigenvalue weighted by atomic mass is 10.2.